The second kappa shape index (κ2) is 12.9. The summed E-state index contributed by atoms with van der Waals surface area (Å²) in [6, 6.07) is 14.2. The number of alkyl halides is 3. The van der Waals surface area contributed by atoms with E-state index in [1.54, 1.807) is 24.4 Å². The van der Waals surface area contributed by atoms with Crippen LogP contribution in [0, 0.1) is 0 Å². The number of nitrogens with one attached hydrogen (secondary N) is 1. The van der Waals surface area contributed by atoms with Gasteiger partial charge in [-0.1, -0.05) is 32.9 Å². The fourth-order valence-corrected chi connectivity index (χ4v) is 4.66. The minimum Gasteiger partial charge on any atom is -0.497 e. The van der Waals surface area contributed by atoms with Crippen LogP contribution in [0.25, 0.3) is 10.9 Å². The highest BCUT2D eigenvalue weighted by Crippen LogP contribution is 2.33. The Hall–Kier alpha value is -4.28. The van der Waals surface area contributed by atoms with Gasteiger partial charge in [0.2, 0.25) is 5.95 Å². The number of hydrogen-bond donors (Lipinski definition) is 1. The number of rotatable bonds is 7. The molecule has 218 valence electrons. The van der Waals surface area contributed by atoms with E-state index in [-0.39, 0.29) is 11.8 Å². The zero-order valence-electron chi connectivity index (χ0n) is 23.9. The number of fused-ring (bicyclic) bond motifs is 1. The molecule has 0 atom stereocenters. The van der Waals surface area contributed by atoms with Gasteiger partial charge in [0.25, 0.3) is 0 Å². The summed E-state index contributed by atoms with van der Waals surface area (Å²) in [5.41, 5.74) is 2.65. The minimum atomic E-state index is -4.63. The SMILES string of the molecule is CC.CCc1ccc2c(N3CCN(c4cc(C(F)(F)F)nc(Nc5cc(OC)cc(OC)c5)n4)CC3)ccnc2c1. The van der Waals surface area contributed by atoms with E-state index in [2.05, 4.69) is 50.3 Å². The molecule has 8 nitrogen and oxygen atoms in total. The van der Waals surface area contributed by atoms with Crippen molar-refractivity contribution >= 4 is 34.0 Å². The van der Waals surface area contributed by atoms with Crippen molar-refractivity contribution in [2.75, 3.05) is 55.5 Å². The molecule has 1 N–H and O–H groups in total. The maximum atomic E-state index is 13.8. The fourth-order valence-electron chi connectivity index (χ4n) is 4.66. The van der Waals surface area contributed by atoms with Crippen LogP contribution in [0.2, 0.25) is 0 Å². The average molecular weight is 569 g/mol. The molecule has 1 aliphatic rings. The van der Waals surface area contributed by atoms with Crippen LogP contribution in [-0.4, -0.2) is 55.4 Å². The van der Waals surface area contributed by atoms with E-state index in [4.69, 9.17) is 9.47 Å². The second-order valence-electron chi connectivity index (χ2n) is 9.17. The first kappa shape index (κ1) is 29.7. The summed E-state index contributed by atoms with van der Waals surface area (Å²) in [6.07, 6.45) is -1.90. The van der Waals surface area contributed by atoms with Gasteiger partial charge in [0.15, 0.2) is 5.69 Å². The van der Waals surface area contributed by atoms with Crippen molar-refractivity contribution in [3.05, 3.63) is 66.0 Å². The molecule has 11 heteroatoms. The second-order valence-corrected chi connectivity index (χ2v) is 9.17. The molecule has 0 saturated carbocycles. The van der Waals surface area contributed by atoms with Gasteiger partial charge in [0, 0.05) is 73.4 Å². The van der Waals surface area contributed by atoms with Gasteiger partial charge in [-0.15, -0.1) is 0 Å². The lowest BCUT2D eigenvalue weighted by atomic mass is 10.1. The number of pyridine rings is 1. The zero-order valence-corrected chi connectivity index (χ0v) is 23.9. The first-order valence-corrected chi connectivity index (χ1v) is 13.6. The van der Waals surface area contributed by atoms with E-state index in [0.717, 1.165) is 29.1 Å². The van der Waals surface area contributed by atoms with Gasteiger partial charge in [0.05, 0.1) is 19.7 Å². The smallest absolute Gasteiger partial charge is 0.433 e. The molecular formula is C30H35F3N6O2. The lowest BCUT2D eigenvalue weighted by molar-refractivity contribution is -0.141. The lowest BCUT2D eigenvalue weighted by Gasteiger charge is -2.37. The summed E-state index contributed by atoms with van der Waals surface area (Å²) in [6.45, 7) is 8.34. The van der Waals surface area contributed by atoms with Crippen LogP contribution in [0.15, 0.2) is 54.7 Å². The molecule has 0 spiro atoms. The number of hydrogen-bond acceptors (Lipinski definition) is 8. The van der Waals surface area contributed by atoms with Crippen molar-refractivity contribution < 1.29 is 22.6 Å². The Labute approximate surface area is 238 Å². The Bertz CT molecular complexity index is 1450. The van der Waals surface area contributed by atoms with Crippen LogP contribution in [0.1, 0.15) is 32.0 Å². The normalized spacial score (nSPS) is 13.5. The summed E-state index contributed by atoms with van der Waals surface area (Å²) in [7, 11) is 2.99. The summed E-state index contributed by atoms with van der Waals surface area (Å²) in [5.74, 6) is 1.01. The van der Waals surface area contributed by atoms with Gasteiger partial charge < -0.3 is 24.6 Å². The standard InChI is InChI=1S/C28H29F3N6O2.C2H6/c1-4-18-5-6-22-23(13-18)32-8-7-24(22)36-9-11-37(12-10-36)26-17-25(28(29,30)31)34-27(35-26)33-19-14-20(38-2)16-21(15-19)39-3;1-2/h5-8,13-17H,4,9-12H2,1-3H3,(H,33,34,35);1-2H3. The molecule has 0 unspecified atom stereocenters. The first-order chi connectivity index (χ1) is 19.8. The molecule has 0 aliphatic carbocycles. The van der Waals surface area contributed by atoms with Gasteiger partial charge in [0.1, 0.15) is 17.3 Å². The highest BCUT2D eigenvalue weighted by atomic mass is 19.4. The van der Waals surface area contributed by atoms with Crippen molar-refractivity contribution in [2.24, 2.45) is 0 Å². The molecule has 0 bridgehead atoms. The first-order valence-electron chi connectivity index (χ1n) is 13.6. The van der Waals surface area contributed by atoms with E-state index in [1.807, 2.05) is 24.8 Å². The van der Waals surface area contributed by atoms with Crippen LogP contribution in [0.5, 0.6) is 11.5 Å². The minimum absolute atomic E-state index is 0.163. The van der Waals surface area contributed by atoms with Gasteiger partial charge in [-0.05, 0) is 24.1 Å². The van der Waals surface area contributed by atoms with Crippen molar-refractivity contribution in [2.45, 2.75) is 33.4 Å². The molecule has 4 aromatic rings. The fraction of sp³-hybridized carbons (Fsp3) is 0.367. The van der Waals surface area contributed by atoms with Gasteiger partial charge in [-0.25, -0.2) is 4.98 Å². The van der Waals surface area contributed by atoms with Gasteiger partial charge >= 0.3 is 6.18 Å². The predicted octanol–water partition coefficient (Wildman–Crippen LogP) is 6.72. The maximum Gasteiger partial charge on any atom is 0.433 e. The van der Waals surface area contributed by atoms with Gasteiger partial charge in [-0.2, -0.15) is 18.2 Å². The van der Waals surface area contributed by atoms with Crippen LogP contribution >= 0.6 is 0 Å². The number of piperazine rings is 1. The van der Waals surface area contributed by atoms with Crippen molar-refractivity contribution in [3.63, 3.8) is 0 Å². The number of aromatic nitrogens is 3. The summed E-state index contributed by atoms with van der Waals surface area (Å²) in [5, 5.41) is 3.94. The van der Waals surface area contributed by atoms with Crippen molar-refractivity contribution in [3.8, 4) is 11.5 Å². The number of methoxy groups -OCH3 is 2. The number of ether oxygens (including phenoxy) is 2. The Balaban J connectivity index is 0.00000189. The number of anilines is 4. The third-order valence-electron chi connectivity index (χ3n) is 6.75. The van der Waals surface area contributed by atoms with Crippen LogP contribution in [0.3, 0.4) is 0 Å². The van der Waals surface area contributed by atoms with E-state index < -0.39 is 11.9 Å². The maximum absolute atomic E-state index is 13.8. The molecule has 3 heterocycles. The van der Waals surface area contributed by atoms with E-state index in [0.29, 0.717) is 43.4 Å². The molecule has 0 amide bonds. The molecule has 2 aromatic heterocycles. The Morgan fingerprint density at radius 2 is 1.51 bits per heavy atom. The molecule has 1 aliphatic heterocycles. The summed E-state index contributed by atoms with van der Waals surface area (Å²) >= 11 is 0. The summed E-state index contributed by atoms with van der Waals surface area (Å²) < 4.78 is 51.9. The molecule has 2 aromatic carbocycles. The van der Waals surface area contributed by atoms with Crippen LogP contribution in [0.4, 0.5) is 36.3 Å². The number of aryl methyl sites for hydroxylation is 1. The zero-order chi connectivity index (χ0) is 29.6. The number of halogens is 3. The quantitative estimate of drug-likeness (QED) is 0.263. The van der Waals surface area contributed by atoms with Crippen LogP contribution in [-0.2, 0) is 12.6 Å². The summed E-state index contributed by atoms with van der Waals surface area (Å²) in [4.78, 5) is 16.8. The predicted molar refractivity (Wildman–Crippen MR) is 157 cm³/mol. The van der Waals surface area contributed by atoms with Gasteiger partial charge in [-0.3, -0.25) is 4.98 Å². The van der Waals surface area contributed by atoms with E-state index in [1.165, 1.54) is 19.8 Å². The van der Waals surface area contributed by atoms with Crippen molar-refractivity contribution in [1.29, 1.82) is 0 Å². The number of benzene rings is 2. The van der Waals surface area contributed by atoms with Crippen LogP contribution < -0.4 is 24.6 Å². The van der Waals surface area contributed by atoms with E-state index >= 15 is 0 Å². The molecule has 1 saturated heterocycles. The third-order valence-corrected chi connectivity index (χ3v) is 6.75. The Morgan fingerprint density at radius 1 is 0.854 bits per heavy atom. The molecule has 1 fully saturated rings. The monoisotopic (exact) mass is 568 g/mol. The lowest BCUT2D eigenvalue weighted by Crippen LogP contribution is -2.47. The third kappa shape index (κ3) is 6.90. The molecular weight excluding hydrogens is 533 g/mol. The highest BCUT2D eigenvalue weighted by molar-refractivity contribution is 5.92. The molecule has 41 heavy (non-hydrogen) atoms. The Morgan fingerprint density at radius 3 is 2.12 bits per heavy atom. The highest BCUT2D eigenvalue weighted by Gasteiger charge is 2.34. The number of nitrogens with zero attached hydrogens (tertiary/aromatic N) is 5. The largest absolute Gasteiger partial charge is 0.497 e. The average Bonchev–Trinajstić information content (AvgIpc) is 3.00. The van der Waals surface area contributed by atoms with Crippen molar-refractivity contribution in [1.82, 2.24) is 15.0 Å². The topological polar surface area (TPSA) is 75.6 Å². The Kier molecular flexibility index (Phi) is 9.36. The molecule has 5 rings (SSSR count). The van der Waals surface area contributed by atoms with E-state index in [9.17, 15) is 13.2 Å². The molecule has 0 radical (unpaired) electrons.